The Bertz CT molecular complexity index is 1180. The van der Waals surface area contributed by atoms with Gasteiger partial charge in [-0.2, -0.15) is 0 Å². The summed E-state index contributed by atoms with van der Waals surface area (Å²) in [4.78, 5) is 21.8. The molecule has 6 heteroatoms. The summed E-state index contributed by atoms with van der Waals surface area (Å²) in [7, 11) is 0. The van der Waals surface area contributed by atoms with Crippen molar-refractivity contribution in [2.24, 2.45) is 0 Å². The van der Waals surface area contributed by atoms with E-state index in [1.54, 1.807) is 6.20 Å². The van der Waals surface area contributed by atoms with Crippen molar-refractivity contribution in [2.75, 3.05) is 6.54 Å². The SMILES string of the molecule is Cc1ccc(C(=O)NCCc2ccc(Cl)cc2)cc1-n1c(C)nc2cccnc21. The molecule has 0 saturated carbocycles. The van der Waals surface area contributed by atoms with E-state index in [4.69, 9.17) is 11.6 Å². The fourth-order valence-corrected chi connectivity index (χ4v) is 3.51. The lowest BCUT2D eigenvalue weighted by atomic mass is 10.1. The average Bonchev–Trinajstić information content (AvgIpc) is 3.05. The number of rotatable bonds is 5. The maximum absolute atomic E-state index is 12.7. The number of nitrogens with one attached hydrogen (secondary N) is 1. The fourth-order valence-electron chi connectivity index (χ4n) is 3.38. The van der Waals surface area contributed by atoms with Gasteiger partial charge in [-0.3, -0.25) is 9.36 Å². The molecule has 0 aliphatic heterocycles. The van der Waals surface area contributed by atoms with Crippen LogP contribution in [-0.4, -0.2) is 27.0 Å². The van der Waals surface area contributed by atoms with Crippen molar-refractivity contribution >= 4 is 28.7 Å². The number of fused-ring (bicyclic) bond motifs is 1. The van der Waals surface area contributed by atoms with E-state index in [-0.39, 0.29) is 5.91 Å². The van der Waals surface area contributed by atoms with Crippen LogP contribution in [0.2, 0.25) is 5.02 Å². The Balaban J connectivity index is 1.55. The number of benzene rings is 2. The van der Waals surface area contributed by atoms with Crippen molar-refractivity contribution in [2.45, 2.75) is 20.3 Å². The number of hydrogen-bond donors (Lipinski definition) is 1. The van der Waals surface area contributed by atoms with E-state index < -0.39 is 0 Å². The van der Waals surface area contributed by atoms with Crippen LogP contribution in [0.5, 0.6) is 0 Å². The van der Waals surface area contributed by atoms with E-state index in [0.29, 0.717) is 17.1 Å². The first kappa shape index (κ1) is 19.2. The number of halogens is 1. The summed E-state index contributed by atoms with van der Waals surface area (Å²) >= 11 is 5.91. The van der Waals surface area contributed by atoms with Crippen LogP contribution in [0.1, 0.15) is 27.3 Å². The molecule has 0 atom stereocenters. The minimum atomic E-state index is -0.102. The Kier molecular flexibility index (Phi) is 5.32. The van der Waals surface area contributed by atoms with Crippen LogP contribution in [0.25, 0.3) is 16.9 Å². The third kappa shape index (κ3) is 4.00. The number of imidazole rings is 1. The highest BCUT2D eigenvalue weighted by molar-refractivity contribution is 6.30. The van der Waals surface area contributed by atoms with Crippen molar-refractivity contribution in [1.82, 2.24) is 19.9 Å². The molecule has 2 heterocycles. The Morgan fingerprint density at radius 1 is 1.10 bits per heavy atom. The lowest BCUT2D eigenvalue weighted by Gasteiger charge is -2.12. The average molecular weight is 405 g/mol. The summed E-state index contributed by atoms with van der Waals surface area (Å²) in [6.45, 7) is 4.52. The molecule has 1 N–H and O–H groups in total. The van der Waals surface area contributed by atoms with Gasteiger partial charge in [0.15, 0.2) is 5.65 Å². The Labute approximate surface area is 174 Å². The van der Waals surface area contributed by atoms with Crippen LogP contribution >= 0.6 is 11.6 Å². The molecule has 4 rings (SSSR count). The number of aromatic nitrogens is 3. The van der Waals surface area contributed by atoms with Crippen LogP contribution < -0.4 is 5.32 Å². The molecule has 0 unspecified atom stereocenters. The van der Waals surface area contributed by atoms with Crippen molar-refractivity contribution in [1.29, 1.82) is 0 Å². The van der Waals surface area contributed by atoms with E-state index in [1.807, 2.05) is 73.0 Å². The molecule has 0 saturated heterocycles. The van der Waals surface area contributed by atoms with E-state index in [2.05, 4.69) is 15.3 Å². The fraction of sp³-hybridized carbons (Fsp3) is 0.174. The first-order chi connectivity index (χ1) is 14.0. The van der Waals surface area contributed by atoms with E-state index >= 15 is 0 Å². The van der Waals surface area contributed by atoms with Crippen LogP contribution in [0, 0.1) is 13.8 Å². The molecule has 0 radical (unpaired) electrons. The number of pyridine rings is 1. The number of aryl methyl sites for hydroxylation is 2. The highest BCUT2D eigenvalue weighted by Crippen LogP contribution is 2.23. The highest BCUT2D eigenvalue weighted by Gasteiger charge is 2.14. The molecule has 0 spiro atoms. The molecule has 0 aliphatic carbocycles. The summed E-state index contributed by atoms with van der Waals surface area (Å²) in [5.41, 5.74) is 5.32. The zero-order valence-electron chi connectivity index (χ0n) is 16.3. The van der Waals surface area contributed by atoms with Gasteiger partial charge in [0.25, 0.3) is 5.91 Å². The Hall–Kier alpha value is -3.18. The zero-order chi connectivity index (χ0) is 20.4. The van der Waals surface area contributed by atoms with Crippen molar-refractivity contribution in [3.63, 3.8) is 0 Å². The third-order valence-electron chi connectivity index (χ3n) is 4.91. The summed E-state index contributed by atoms with van der Waals surface area (Å²) in [5, 5.41) is 3.70. The third-order valence-corrected chi connectivity index (χ3v) is 5.16. The Morgan fingerprint density at radius 3 is 2.69 bits per heavy atom. The van der Waals surface area contributed by atoms with Gasteiger partial charge >= 0.3 is 0 Å². The number of hydrogen-bond acceptors (Lipinski definition) is 3. The molecular weight excluding hydrogens is 384 g/mol. The van der Waals surface area contributed by atoms with Gasteiger partial charge in [0.2, 0.25) is 0 Å². The lowest BCUT2D eigenvalue weighted by Crippen LogP contribution is -2.25. The van der Waals surface area contributed by atoms with E-state index in [0.717, 1.165) is 40.2 Å². The molecule has 1 amide bonds. The number of carbonyl (C=O) groups excluding carboxylic acids is 1. The van der Waals surface area contributed by atoms with Gasteiger partial charge < -0.3 is 5.32 Å². The van der Waals surface area contributed by atoms with Gasteiger partial charge in [0, 0.05) is 23.3 Å². The number of nitrogens with zero attached hydrogens (tertiary/aromatic N) is 3. The molecule has 2 aromatic carbocycles. The van der Waals surface area contributed by atoms with Gasteiger partial charge in [-0.05, 0) is 67.8 Å². The minimum Gasteiger partial charge on any atom is -0.352 e. The van der Waals surface area contributed by atoms with Crippen LogP contribution in [0.3, 0.4) is 0 Å². The molecule has 4 aromatic rings. The standard InChI is InChI=1S/C23H21ClN4O/c1-15-5-8-18(23(29)26-13-11-17-6-9-19(24)10-7-17)14-21(15)28-16(2)27-20-4-3-12-25-22(20)28/h3-10,12,14H,11,13H2,1-2H3,(H,26,29). The molecule has 2 aromatic heterocycles. The number of amides is 1. The van der Waals surface area contributed by atoms with Crippen molar-refractivity contribution < 1.29 is 4.79 Å². The summed E-state index contributed by atoms with van der Waals surface area (Å²) in [5.74, 6) is 0.734. The first-order valence-corrected chi connectivity index (χ1v) is 9.84. The molecule has 0 fully saturated rings. The minimum absolute atomic E-state index is 0.102. The maximum atomic E-state index is 12.7. The quantitative estimate of drug-likeness (QED) is 0.526. The predicted molar refractivity (Wildman–Crippen MR) is 116 cm³/mol. The summed E-state index contributed by atoms with van der Waals surface area (Å²) in [6.07, 6.45) is 2.50. The topological polar surface area (TPSA) is 59.8 Å². The van der Waals surface area contributed by atoms with Gasteiger partial charge in [-0.15, -0.1) is 0 Å². The van der Waals surface area contributed by atoms with Gasteiger partial charge in [-0.25, -0.2) is 9.97 Å². The van der Waals surface area contributed by atoms with Crippen LogP contribution in [0.15, 0.2) is 60.8 Å². The smallest absolute Gasteiger partial charge is 0.251 e. The Morgan fingerprint density at radius 2 is 1.90 bits per heavy atom. The monoisotopic (exact) mass is 404 g/mol. The second kappa shape index (κ2) is 8.05. The van der Waals surface area contributed by atoms with E-state index in [1.165, 1.54) is 0 Å². The molecule has 146 valence electrons. The van der Waals surface area contributed by atoms with Gasteiger partial charge in [0.1, 0.15) is 11.3 Å². The second-order valence-corrected chi connectivity index (χ2v) is 7.41. The van der Waals surface area contributed by atoms with Crippen molar-refractivity contribution in [3.05, 3.63) is 88.3 Å². The van der Waals surface area contributed by atoms with Gasteiger partial charge in [0.05, 0.1) is 5.69 Å². The molecular formula is C23H21ClN4O. The van der Waals surface area contributed by atoms with Crippen LogP contribution in [0.4, 0.5) is 0 Å². The van der Waals surface area contributed by atoms with Crippen LogP contribution in [-0.2, 0) is 6.42 Å². The normalized spacial score (nSPS) is 11.0. The number of carbonyl (C=O) groups is 1. The van der Waals surface area contributed by atoms with Crippen molar-refractivity contribution in [3.8, 4) is 5.69 Å². The largest absolute Gasteiger partial charge is 0.352 e. The molecule has 5 nitrogen and oxygen atoms in total. The van der Waals surface area contributed by atoms with E-state index in [9.17, 15) is 4.79 Å². The first-order valence-electron chi connectivity index (χ1n) is 9.46. The second-order valence-electron chi connectivity index (χ2n) is 6.97. The molecule has 0 bridgehead atoms. The maximum Gasteiger partial charge on any atom is 0.251 e. The molecule has 0 aliphatic rings. The highest BCUT2D eigenvalue weighted by atomic mass is 35.5. The lowest BCUT2D eigenvalue weighted by molar-refractivity contribution is 0.0954. The summed E-state index contributed by atoms with van der Waals surface area (Å²) in [6, 6.07) is 17.2. The molecule has 29 heavy (non-hydrogen) atoms. The zero-order valence-corrected chi connectivity index (χ0v) is 17.1. The van der Waals surface area contributed by atoms with Gasteiger partial charge in [-0.1, -0.05) is 29.8 Å². The summed E-state index contributed by atoms with van der Waals surface area (Å²) < 4.78 is 2.00. The predicted octanol–water partition coefficient (Wildman–Crippen LogP) is 4.66.